The Bertz CT molecular complexity index is 325. The Morgan fingerprint density at radius 2 is 2.06 bits per heavy atom. The number of anilines is 1. The van der Waals surface area contributed by atoms with Crippen molar-refractivity contribution >= 4 is 11.6 Å². The standard InChI is InChI=1S/C13H21N3O/c1-2-10-17-11-6-9-15-13(14)16-12-7-4-3-5-8-12/h3-5,7-8H,2,6,9-11H2,1H3,(H3,14,15,16). The van der Waals surface area contributed by atoms with E-state index >= 15 is 0 Å². The first-order chi connectivity index (χ1) is 8.33. The second-order valence-corrected chi connectivity index (χ2v) is 3.72. The number of aliphatic imine (C=N–C) groups is 1. The van der Waals surface area contributed by atoms with Crippen LogP contribution in [0.1, 0.15) is 19.8 Å². The zero-order valence-electron chi connectivity index (χ0n) is 10.4. The van der Waals surface area contributed by atoms with E-state index in [1.807, 2.05) is 30.3 Å². The number of para-hydroxylation sites is 1. The number of nitrogens with two attached hydrogens (primary N) is 1. The monoisotopic (exact) mass is 235 g/mol. The molecule has 17 heavy (non-hydrogen) atoms. The van der Waals surface area contributed by atoms with Gasteiger partial charge in [-0.15, -0.1) is 0 Å². The van der Waals surface area contributed by atoms with Crippen LogP contribution in [0.5, 0.6) is 0 Å². The molecule has 0 bridgehead atoms. The molecule has 0 aliphatic rings. The number of guanidine groups is 1. The lowest BCUT2D eigenvalue weighted by molar-refractivity contribution is 0.134. The second kappa shape index (κ2) is 8.58. The smallest absolute Gasteiger partial charge is 0.193 e. The minimum absolute atomic E-state index is 0.451. The maximum Gasteiger partial charge on any atom is 0.193 e. The van der Waals surface area contributed by atoms with E-state index in [4.69, 9.17) is 10.5 Å². The number of nitrogens with zero attached hydrogens (tertiary/aromatic N) is 1. The predicted molar refractivity (Wildman–Crippen MR) is 72.3 cm³/mol. The lowest BCUT2D eigenvalue weighted by Gasteiger charge is -2.05. The van der Waals surface area contributed by atoms with Gasteiger partial charge in [0.15, 0.2) is 5.96 Å². The lowest BCUT2D eigenvalue weighted by Crippen LogP contribution is -2.22. The molecule has 4 heteroatoms. The van der Waals surface area contributed by atoms with E-state index in [-0.39, 0.29) is 0 Å². The van der Waals surface area contributed by atoms with Gasteiger partial charge in [0, 0.05) is 25.4 Å². The third-order valence-electron chi connectivity index (χ3n) is 2.12. The highest BCUT2D eigenvalue weighted by Crippen LogP contribution is 2.03. The Balaban J connectivity index is 2.17. The van der Waals surface area contributed by atoms with E-state index in [0.29, 0.717) is 12.5 Å². The zero-order valence-corrected chi connectivity index (χ0v) is 10.4. The summed E-state index contributed by atoms with van der Waals surface area (Å²) in [5.74, 6) is 0.451. The number of benzene rings is 1. The molecule has 1 aromatic carbocycles. The van der Waals surface area contributed by atoms with Gasteiger partial charge in [-0.2, -0.15) is 0 Å². The van der Waals surface area contributed by atoms with Gasteiger partial charge >= 0.3 is 0 Å². The molecule has 0 fully saturated rings. The molecule has 0 spiro atoms. The fourth-order valence-electron chi connectivity index (χ4n) is 1.32. The number of hydrogen-bond acceptors (Lipinski definition) is 2. The van der Waals surface area contributed by atoms with E-state index in [0.717, 1.165) is 31.7 Å². The van der Waals surface area contributed by atoms with Crippen molar-refractivity contribution in [2.45, 2.75) is 19.8 Å². The van der Waals surface area contributed by atoms with Crippen LogP contribution in [0.2, 0.25) is 0 Å². The Morgan fingerprint density at radius 1 is 1.29 bits per heavy atom. The molecule has 0 saturated carbocycles. The molecule has 0 aromatic heterocycles. The van der Waals surface area contributed by atoms with Crippen LogP contribution in [-0.2, 0) is 4.74 Å². The number of rotatable bonds is 7. The Hall–Kier alpha value is -1.55. The number of hydrogen-bond donors (Lipinski definition) is 2. The summed E-state index contributed by atoms with van der Waals surface area (Å²) in [5, 5.41) is 3.03. The van der Waals surface area contributed by atoms with Gasteiger partial charge in [0.05, 0.1) is 0 Å². The van der Waals surface area contributed by atoms with E-state index in [1.54, 1.807) is 0 Å². The van der Waals surface area contributed by atoms with Crippen molar-refractivity contribution in [1.29, 1.82) is 0 Å². The van der Waals surface area contributed by atoms with Crippen LogP contribution in [-0.4, -0.2) is 25.7 Å². The average molecular weight is 235 g/mol. The summed E-state index contributed by atoms with van der Waals surface area (Å²) in [5.41, 5.74) is 6.70. The molecule has 0 atom stereocenters. The topological polar surface area (TPSA) is 59.6 Å². The van der Waals surface area contributed by atoms with Crippen molar-refractivity contribution in [3.05, 3.63) is 30.3 Å². The van der Waals surface area contributed by atoms with Crippen LogP contribution in [0.4, 0.5) is 5.69 Å². The quantitative estimate of drug-likeness (QED) is 0.433. The Labute approximate surface area is 103 Å². The molecule has 3 N–H and O–H groups in total. The number of ether oxygens (including phenoxy) is 1. The van der Waals surface area contributed by atoms with Crippen LogP contribution in [0.15, 0.2) is 35.3 Å². The molecule has 0 aliphatic carbocycles. The van der Waals surface area contributed by atoms with Crippen molar-refractivity contribution in [3.63, 3.8) is 0 Å². The maximum atomic E-state index is 5.74. The summed E-state index contributed by atoms with van der Waals surface area (Å²) in [6, 6.07) is 9.77. The summed E-state index contributed by atoms with van der Waals surface area (Å²) in [4.78, 5) is 4.22. The first-order valence-corrected chi connectivity index (χ1v) is 6.02. The molecule has 0 radical (unpaired) electrons. The molecular formula is C13H21N3O. The highest BCUT2D eigenvalue weighted by atomic mass is 16.5. The second-order valence-electron chi connectivity index (χ2n) is 3.72. The third-order valence-corrected chi connectivity index (χ3v) is 2.12. The van der Waals surface area contributed by atoms with Gasteiger partial charge in [0.25, 0.3) is 0 Å². The van der Waals surface area contributed by atoms with Gasteiger partial charge in [-0.3, -0.25) is 4.99 Å². The summed E-state index contributed by atoms with van der Waals surface area (Å²) in [6.07, 6.45) is 1.96. The molecule has 0 unspecified atom stereocenters. The van der Waals surface area contributed by atoms with Crippen molar-refractivity contribution in [2.75, 3.05) is 25.1 Å². The Morgan fingerprint density at radius 3 is 2.76 bits per heavy atom. The third kappa shape index (κ3) is 6.58. The molecule has 0 saturated heterocycles. The molecule has 1 aromatic rings. The molecule has 4 nitrogen and oxygen atoms in total. The first-order valence-electron chi connectivity index (χ1n) is 6.02. The molecule has 0 aliphatic heterocycles. The minimum Gasteiger partial charge on any atom is -0.381 e. The van der Waals surface area contributed by atoms with Crippen LogP contribution < -0.4 is 11.1 Å². The number of nitrogens with one attached hydrogen (secondary N) is 1. The van der Waals surface area contributed by atoms with E-state index in [1.165, 1.54) is 0 Å². The van der Waals surface area contributed by atoms with Gasteiger partial charge in [0.1, 0.15) is 0 Å². The molecule has 94 valence electrons. The van der Waals surface area contributed by atoms with Crippen LogP contribution in [0.3, 0.4) is 0 Å². The van der Waals surface area contributed by atoms with E-state index < -0.39 is 0 Å². The predicted octanol–water partition coefficient (Wildman–Crippen LogP) is 2.23. The molecular weight excluding hydrogens is 214 g/mol. The van der Waals surface area contributed by atoms with Gasteiger partial charge in [-0.1, -0.05) is 25.1 Å². The van der Waals surface area contributed by atoms with Crippen LogP contribution in [0, 0.1) is 0 Å². The molecule has 0 amide bonds. The molecule has 1 rings (SSSR count). The summed E-state index contributed by atoms with van der Waals surface area (Å²) in [6.45, 7) is 4.35. The SMILES string of the molecule is CCCOCCCN=C(N)Nc1ccccc1. The fourth-order valence-corrected chi connectivity index (χ4v) is 1.32. The molecule has 0 heterocycles. The first kappa shape index (κ1) is 13.5. The largest absolute Gasteiger partial charge is 0.381 e. The van der Waals surface area contributed by atoms with Gasteiger partial charge in [-0.25, -0.2) is 0 Å². The van der Waals surface area contributed by atoms with Crippen molar-refractivity contribution in [2.24, 2.45) is 10.7 Å². The zero-order chi connectivity index (χ0) is 12.3. The van der Waals surface area contributed by atoms with Gasteiger partial charge < -0.3 is 15.8 Å². The normalized spacial score (nSPS) is 11.5. The van der Waals surface area contributed by atoms with Crippen molar-refractivity contribution in [1.82, 2.24) is 0 Å². The van der Waals surface area contributed by atoms with Crippen LogP contribution in [0.25, 0.3) is 0 Å². The van der Waals surface area contributed by atoms with Gasteiger partial charge in [0.2, 0.25) is 0 Å². The van der Waals surface area contributed by atoms with Crippen LogP contribution >= 0.6 is 0 Å². The summed E-state index contributed by atoms with van der Waals surface area (Å²) >= 11 is 0. The lowest BCUT2D eigenvalue weighted by atomic mass is 10.3. The summed E-state index contributed by atoms with van der Waals surface area (Å²) < 4.78 is 5.35. The highest BCUT2D eigenvalue weighted by Gasteiger charge is 1.93. The van der Waals surface area contributed by atoms with E-state index in [2.05, 4.69) is 17.2 Å². The van der Waals surface area contributed by atoms with Gasteiger partial charge in [-0.05, 0) is 25.0 Å². The Kier molecular flexibility index (Phi) is 6.82. The maximum absolute atomic E-state index is 5.74. The van der Waals surface area contributed by atoms with E-state index in [9.17, 15) is 0 Å². The average Bonchev–Trinajstić information content (AvgIpc) is 2.35. The van der Waals surface area contributed by atoms with Crippen molar-refractivity contribution < 1.29 is 4.74 Å². The summed E-state index contributed by atoms with van der Waals surface area (Å²) in [7, 11) is 0. The highest BCUT2D eigenvalue weighted by molar-refractivity contribution is 5.92. The fraction of sp³-hybridized carbons (Fsp3) is 0.462. The van der Waals surface area contributed by atoms with Crippen molar-refractivity contribution in [3.8, 4) is 0 Å². The minimum atomic E-state index is 0.451.